The summed E-state index contributed by atoms with van der Waals surface area (Å²) in [6, 6.07) is 14.5. The van der Waals surface area contributed by atoms with Gasteiger partial charge in [0.05, 0.1) is 0 Å². The van der Waals surface area contributed by atoms with Crippen molar-refractivity contribution in [2.24, 2.45) is 0 Å². The molecule has 0 heterocycles. The van der Waals surface area contributed by atoms with Crippen LogP contribution in [0.1, 0.15) is 21.5 Å². The summed E-state index contributed by atoms with van der Waals surface area (Å²) in [7, 11) is 0. The first-order valence-corrected chi connectivity index (χ1v) is 8.02. The van der Waals surface area contributed by atoms with Crippen molar-refractivity contribution in [2.45, 2.75) is 13.8 Å². The highest BCUT2D eigenvalue weighted by atomic mass is 32.1. The predicted molar refractivity (Wildman–Crippen MR) is 99.2 cm³/mol. The first-order valence-electron chi connectivity index (χ1n) is 7.61. The van der Waals surface area contributed by atoms with E-state index in [1.807, 2.05) is 38.1 Å². The van der Waals surface area contributed by atoms with Crippen molar-refractivity contribution in [1.29, 1.82) is 0 Å². The first-order chi connectivity index (χ1) is 12.0. The van der Waals surface area contributed by atoms with Crippen molar-refractivity contribution in [1.82, 2.24) is 16.2 Å². The second-order valence-corrected chi connectivity index (χ2v) is 5.78. The van der Waals surface area contributed by atoms with Gasteiger partial charge in [-0.3, -0.25) is 25.8 Å². The quantitative estimate of drug-likeness (QED) is 0.576. The molecular weight excluding hydrogens is 338 g/mol. The molecule has 0 saturated carbocycles. The van der Waals surface area contributed by atoms with Crippen LogP contribution in [0.2, 0.25) is 0 Å². The molecule has 0 bridgehead atoms. The van der Waals surface area contributed by atoms with Gasteiger partial charge in [0, 0.05) is 5.56 Å². The molecule has 2 aromatic rings. The van der Waals surface area contributed by atoms with Crippen molar-refractivity contribution in [3.8, 4) is 5.75 Å². The fourth-order valence-electron chi connectivity index (χ4n) is 1.99. The summed E-state index contributed by atoms with van der Waals surface area (Å²) in [5, 5.41) is 2.41. The van der Waals surface area contributed by atoms with E-state index in [1.54, 1.807) is 24.3 Å². The highest BCUT2D eigenvalue weighted by molar-refractivity contribution is 7.80. The zero-order valence-electron chi connectivity index (χ0n) is 14.0. The van der Waals surface area contributed by atoms with Gasteiger partial charge in [-0.25, -0.2) is 0 Å². The minimum absolute atomic E-state index is 0.0144. The average molecular weight is 357 g/mol. The third kappa shape index (κ3) is 5.89. The van der Waals surface area contributed by atoms with E-state index in [-0.39, 0.29) is 17.6 Å². The van der Waals surface area contributed by atoms with E-state index >= 15 is 0 Å². The van der Waals surface area contributed by atoms with Crippen LogP contribution in [0.4, 0.5) is 0 Å². The van der Waals surface area contributed by atoms with Gasteiger partial charge in [-0.05, 0) is 49.8 Å². The van der Waals surface area contributed by atoms with E-state index in [0.29, 0.717) is 11.3 Å². The molecule has 0 aliphatic heterocycles. The molecule has 6 nitrogen and oxygen atoms in total. The van der Waals surface area contributed by atoms with Crippen LogP contribution < -0.4 is 20.9 Å². The molecule has 0 unspecified atom stereocenters. The number of benzene rings is 2. The number of hydrogen-bond donors (Lipinski definition) is 3. The number of ether oxygens (including phenoxy) is 1. The number of hydrogen-bond acceptors (Lipinski definition) is 4. The molecule has 3 N–H and O–H groups in total. The SMILES string of the molecule is Cc1ccc(OCC(=O)NC(=S)NNC(=O)c2ccccc2C)cc1. The van der Waals surface area contributed by atoms with Crippen LogP contribution in [0.5, 0.6) is 5.75 Å². The molecule has 130 valence electrons. The molecule has 25 heavy (non-hydrogen) atoms. The van der Waals surface area contributed by atoms with Crippen LogP contribution in [0.15, 0.2) is 48.5 Å². The fraction of sp³-hybridized carbons (Fsp3) is 0.167. The molecular formula is C18H19N3O3S. The van der Waals surface area contributed by atoms with Gasteiger partial charge >= 0.3 is 0 Å². The third-order valence-electron chi connectivity index (χ3n) is 3.32. The normalized spacial score (nSPS) is 9.84. The summed E-state index contributed by atoms with van der Waals surface area (Å²) in [5.41, 5.74) is 7.39. The number of carbonyl (C=O) groups excluding carboxylic acids is 2. The molecule has 0 aromatic heterocycles. The zero-order valence-corrected chi connectivity index (χ0v) is 14.8. The van der Waals surface area contributed by atoms with Crippen LogP contribution in [0.25, 0.3) is 0 Å². The number of nitrogens with one attached hydrogen (secondary N) is 3. The van der Waals surface area contributed by atoms with Crippen LogP contribution in [-0.2, 0) is 4.79 Å². The van der Waals surface area contributed by atoms with Gasteiger partial charge in [0.2, 0.25) is 0 Å². The molecule has 0 fully saturated rings. The van der Waals surface area contributed by atoms with E-state index in [2.05, 4.69) is 16.2 Å². The Kier molecular flexibility index (Phi) is 6.47. The van der Waals surface area contributed by atoms with Gasteiger partial charge in [0.15, 0.2) is 11.7 Å². The molecule has 0 spiro atoms. The van der Waals surface area contributed by atoms with Crippen molar-refractivity contribution in [3.05, 3.63) is 65.2 Å². The maximum atomic E-state index is 12.0. The summed E-state index contributed by atoms with van der Waals surface area (Å²) in [6.07, 6.45) is 0. The lowest BCUT2D eigenvalue weighted by molar-refractivity contribution is -0.121. The summed E-state index contributed by atoms with van der Waals surface area (Å²) in [6.45, 7) is 3.61. The van der Waals surface area contributed by atoms with Crippen LogP contribution in [0.3, 0.4) is 0 Å². The van der Waals surface area contributed by atoms with Crippen LogP contribution in [-0.4, -0.2) is 23.5 Å². The van der Waals surface area contributed by atoms with Crippen molar-refractivity contribution < 1.29 is 14.3 Å². The van der Waals surface area contributed by atoms with E-state index in [4.69, 9.17) is 17.0 Å². The van der Waals surface area contributed by atoms with Crippen molar-refractivity contribution in [2.75, 3.05) is 6.61 Å². The van der Waals surface area contributed by atoms with Crippen LogP contribution >= 0.6 is 12.2 Å². The molecule has 0 radical (unpaired) electrons. The average Bonchev–Trinajstić information content (AvgIpc) is 2.59. The molecule has 7 heteroatoms. The lowest BCUT2D eigenvalue weighted by Crippen LogP contribution is -2.49. The van der Waals surface area contributed by atoms with Gasteiger partial charge in [-0.2, -0.15) is 0 Å². The van der Waals surface area contributed by atoms with Crippen LogP contribution in [0, 0.1) is 13.8 Å². The molecule has 0 saturated heterocycles. The molecule has 2 amide bonds. The Bertz CT molecular complexity index is 775. The zero-order chi connectivity index (χ0) is 18.2. The summed E-state index contributed by atoms with van der Waals surface area (Å²) < 4.78 is 5.35. The number of carbonyl (C=O) groups is 2. The molecule has 0 atom stereocenters. The maximum Gasteiger partial charge on any atom is 0.269 e. The highest BCUT2D eigenvalue weighted by Crippen LogP contribution is 2.10. The summed E-state index contributed by atoms with van der Waals surface area (Å²) in [5.74, 6) is -0.179. The minimum Gasteiger partial charge on any atom is -0.484 e. The van der Waals surface area contributed by atoms with E-state index < -0.39 is 5.91 Å². The third-order valence-corrected chi connectivity index (χ3v) is 3.53. The summed E-state index contributed by atoms with van der Waals surface area (Å²) in [4.78, 5) is 23.8. The predicted octanol–water partition coefficient (Wildman–Crippen LogP) is 2.02. The Hall–Kier alpha value is -2.93. The van der Waals surface area contributed by atoms with Gasteiger partial charge in [0.1, 0.15) is 5.75 Å². The van der Waals surface area contributed by atoms with E-state index in [0.717, 1.165) is 11.1 Å². The minimum atomic E-state index is -0.428. The second kappa shape index (κ2) is 8.79. The van der Waals surface area contributed by atoms with Gasteiger partial charge < -0.3 is 4.74 Å². The Labute approximate surface area is 151 Å². The smallest absolute Gasteiger partial charge is 0.269 e. The first kappa shape index (κ1) is 18.4. The fourth-order valence-corrected chi connectivity index (χ4v) is 2.15. The molecule has 0 aliphatic rings. The van der Waals surface area contributed by atoms with E-state index in [1.165, 1.54) is 0 Å². The summed E-state index contributed by atoms with van der Waals surface area (Å²) >= 11 is 4.97. The van der Waals surface area contributed by atoms with Gasteiger partial charge in [-0.15, -0.1) is 0 Å². The second-order valence-electron chi connectivity index (χ2n) is 5.37. The molecule has 2 aromatic carbocycles. The molecule has 0 aliphatic carbocycles. The Morgan fingerprint density at radius 1 is 1.00 bits per heavy atom. The molecule has 2 rings (SSSR count). The highest BCUT2D eigenvalue weighted by Gasteiger charge is 2.10. The standard InChI is InChI=1S/C18H19N3O3S/c1-12-7-9-14(10-8-12)24-11-16(22)19-18(25)21-20-17(23)15-6-4-3-5-13(15)2/h3-10H,11H2,1-2H3,(H,20,23)(H2,19,21,22,25). The Balaban J connectivity index is 1.74. The lowest BCUT2D eigenvalue weighted by Gasteiger charge is -2.12. The lowest BCUT2D eigenvalue weighted by atomic mass is 10.1. The topological polar surface area (TPSA) is 79.5 Å². The Morgan fingerprint density at radius 3 is 2.36 bits per heavy atom. The van der Waals surface area contributed by atoms with Crippen molar-refractivity contribution in [3.63, 3.8) is 0 Å². The number of aryl methyl sites for hydroxylation is 2. The number of thiocarbonyl (C=S) groups is 1. The largest absolute Gasteiger partial charge is 0.484 e. The van der Waals surface area contributed by atoms with Crippen molar-refractivity contribution >= 4 is 29.1 Å². The van der Waals surface area contributed by atoms with Gasteiger partial charge in [-0.1, -0.05) is 35.9 Å². The number of amides is 2. The number of hydrazine groups is 1. The number of rotatable bonds is 4. The monoisotopic (exact) mass is 357 g/mol. The van der Waals surface area contributed by atoms with Gasteiger partial charge in [0.25, 0.3) is 11.8 Å². The maximum absolute atomic E-state index is 12.0. The van der Waals surface area contributed by atoms with E-state index in [9.17, 15) is 9.59 Å². The Morgan fingerprint density at radius 2 is 1.68 bits per heavy atom.